The van der Waals surface area contributed by atoms with Crippen LogP contribution in [0.2, 0.25) is 0 Å². The molecule has 0 aliphatic carbocycles. The molecule has 0 aromatic heterocycles. The van der Waals surface area contributed by atoms with E-state index < -0.39 is 7.82 Å². The number of hydrogen-bond acceptors (Lipinski definition) is 2. The Kier molecular flexibility index (Phi) is 8.09. The van der Waals surface area contributed by atoms with Gasteiger partial charge in [-0.15, -0.1) is 0 Å². The normalized spacial score (nSPS) is 10.1. The first kappa shape index (κ1) is 11.7. The minimum atomic E-state index is -4.38. The SMILES string of the molecule is O=P(O)(O)OCl.[Eu]. The van der Waals surface area contributed by atoms with Gasteiger partial charge in [-0.2, -0.15) is 4.08 Å². The van der Waals surface area contributed by atoms with Crippen LogP contribution in [-0.2, 0) is 8.64 Å². The molecule has 0 rings (SSSR count). The van der Waals surface area contributed by atoms with Crippen LogP contribution in [0.1, 0.15) is 0 Å². The average molecular weight is 284 g/mol. The van der Waals surface area contributed by atoms with Gasteiger partial charge in [0, 0.05) is 49.4 Å². The number of phosphoric acid groups is 1. The van der Waals surface area contributed by atoms with Gasteiger partial charge in [0.25, 0.3) is 0 Å². The fourth-order valence-electron chi connectivity index (χ4n) is 0. The zero-order valence-electron chi connectivity index (χ0n) is 2.91. The minimum Gasteiger partial charge on any atom is -0.302 e. The van der Waals surface area contributed by atoms with E-state index in [4.69, 9.17) is 9.79 Å². The maximum atomic E-state index is 9.34. The smallest absolute Gasteiger partial charge is 0.302 e. The van der Waals surface area contributed by atoms with E-state index in [-0.39, 0.29) is 49.4 Å². The molecule has 0 heterocycles. The summed E-state index contributed by atoms with van der Waals surface area (Å²) in [6, 6.07) is 0. The third-order valence-corrected chi connectivity index (χ3v) is 0.809. The molecule has 0 bridgehead atoms. The summed E-state index contributed by atoms with van der Waals surface area (Å²) >= 11 is 4.21. The molecule has 0 saturated carbocycles. The van der Waals surface area contributed by atoms with Gasteiger partial charge in [-0.1, -0.05) is 0 Å². The van der Waals surface area contributed by atoms with Crippen molar-refractivity contribution < 1.29 is 67.8 Å². The quantitative estimate of drug-likeness (QED) is 0.677. The van der Waals surface area contributed by atoms with Crippen molar-refractivity contribution in [2.45, 2.75) is 0 Å². The first-order valence-electron chi connectivity index (χ1n) is 0.919. The van der Waals surface area contributed by atoms with Gasteiger partial charge in [0.15, 0.2) is 0 Å². The van der Waals surface area contributed by atoms with Crippen LogP contribution in [-0.4, -0.2) is 9.79 Å². The van der Waals surface area contributed by atoms with Crippen LogP contribution < -0.4 is 0 Å². The van der Waals surface area contributed by atoms with Gasteiger partial charge in [0.05, 0.1) is 11.9 Å². The maximum absolute atomic E-state index is 9.34. The monoisotopic (exact) mass is 285 g/mol. The minimum absolute atomic E-state index is 0. The Balaban J connectivity index is 0. The summed E-state index contributed by atoms with van der Waals surface area (Å²) in [6.07, 6.45) is 0. The Morgan fingerprint density at radius 1 is 1.57 bits per heavy atom. The van der Waals surface area contributed by atoms with Gasteiger partial charge in [-0.3, -0.25) is 0 Å². The Bertz CT molecular complexity index is 75.8. The standard InChI is InChI=1S/ClH2O4P.Eu/c1-5-6(2,3)4;/h(H2,2,3,4);. The van der Waals surface area contributed by atoms with E-state index >= 15 is 0 Å². The molecule has 0 amide bonds. The molecular weight excluding hydrogens is 282 g/mol. The third-order valence-electron chi connectivity index (χ3n) is 0.0899. The summed E-state index contributed by atoms with van der Waals surface area (Å²) in [6.45, 7) is 0. The third kappa shape index (κ3) is 11.5. The van der Waals surface area contributed by atoms with Crippen LogP contribution in [0.3, 0.4) is 0 Å². The van der Waals surface area contributed by atoms with E-state index in [1.54, 1.807) is 0 Å². The van der Waals surface area contributed by atoms with Crippen molar-refractivity contribution in [3.63, 3.8) is 0 Å². The topological polar surface area (TPSA) is 66.8 Å². The second kappa shape index (κ2) is 4.83. The molecule has 2 N–H and O–H groups in total. The fourth-order valence-corrected chi connectivity index (χ4v) is 0. The molecule has 7 heteroatoms. The Morgan fingerprint density at radius 3 is 1.71 bits per heavy atom. The maximum Gasteiger partial charge on any atom is 0.486 e. The van der Waals surface area contributed by atoms with Gasteiger partial charge >= 0.3 is 7.82 Å². The van der Waals surface area contributed by atoms with Crippen LogP contribution in [0.25, 0.3) is 0 Å². The molecular formula is H2ClEuO4P. The molecule has 0 aromatic rings. The summed E-state index contributed by atoms with van der Waals surface area (Å²) in [5.41, 5.74) is 0. The fraction of sp³-hybridized carbons (Fsp3) is 0. The van der Waals surface area contributed by atoms with Gasteiger partial charge in [-0.25, -0.2) is 4.57 Å². The van der Waals surface area contributed by atoms with Crippen molar-refractivity contribution in [3.05, 3.63) is 0 Å². The zero-order valence-corrected chi connectivity index (χ0v) is 6.99. The van der Waals surface area contributed by atoms with Crippen molar-refractivity contribution >= 4 is 19.7 Å². The molecule has 7 heavy (non-hydrogen) atoms. The number of halogens is 1. The summed E-state index contributed by atoms with van der Waals surface area (Å²) < 4.78 is 12.4. The second-order valence-corrected chi connectivity index (χ2v) is 2.09. The van der Waals surface area contributed by atoms with Crippen molar-refractivity contribution in [2.24, 2.45) is 0 Å². The van der Waals surface area contributed by atoms with Crippen molar-refractivity contribution in [1.82, 2.24) is 0 Å². The molecule has 0 atom stereocenters. The van der Waals surface area contributed by atoms with Gasteiger partial charge in [-0.05, 0) is 0 Å². The molecule has 0 aromatic carbocycles. The van der Waals surface area contributed by atoms with Crippen molar-refractivity contribution in [1.29, 1.82) is 0 Å². The molecule has 0 aliphatic rings. The molecule has 0 fully saturated rings. The largest absolute Gasteiger partial charge is 0.486 e. The molecule has 0 unspecified atom stereocenters. The van der Waals surface area contributed by atoms with Gasteiger partial charge < -0.3 is 9.79 Å². The van der Waals surface area contributed by atoms with Crippen molar-refractivity contribution in [3.8, 4) is 0 Å². The Hall–Kier alpha value is 1.98. The van der Waals surface area contributed by atoms with Crippen molar-refractivity contribution in [2.75, 3.05) is 0 Å². The molecule has 4 nitrogen and oxygen atoms in total. The summed E-state index contributed by atoms with van der Waals surface area (Å²) in [7, 11) is -4.38. The first-order valence-corrected chi connectivity index (χ1v) is 2.76. The van der Waals surface area contributed by atoms with Crippen LogP contribution in [0.5, 0.6) is 0 Å². The predicted octanol–water partition coefficient (Wildman–Crippen LogP) is 0.249. The molecule has 0 spiro atoms. The molecule has 0 aliphatic heterocycles. The number of rotatable bonds is 1. The van der Waals surface area contributed by atoms with E-state index in [1.807, 2.05) is 0 Å². The van der Waals surface area contributed by atoms with E-state index in [2.05, 4.69) is 15.9 Å². The van der Waals surface area contributed by atoms with E-state index in [9.17, 15) is 4.57 Å². The molecule has 45 valence electrons. The van der Waals surface area contributed by atoms with E-state index in [1.165, 1.54) is 0 Å². The summed E-state index contributed by atoms with van der Waals surface area (Å²) in [4.78, 5) is 15.2. The van der Waals surface area contributed by atoms with E-state index in [0.717, 1.165) is 0 Å². The Morgan fingerprint density at radius 2 is 1.71 bits per heavy atom. The number of hydrogen-bond donors (Lipinski definition) is 2. The van der Waals surface area contributed by atoms with Crippen LogP contribution in [0.4, 0.5) is 0 Å². The predicted molar refractivity (Wildman–Crippen MR) is 19.0 cm³/mol. The van der Waals surface area contributed by atoms with Crippen LogP contribution in [0.15, 0.2) is 0 Å². The van der Waals surface area contributed by atoms with Crippen LogP contribution >= 0.6 is 19.7 Å². The first-order chi connectivity index (χ1) is 2.56. The molecule has 1 radical (unpaired) electrons. The second-order valence-electron chi connectivity index (χ2n) is 0.560. The average Bonchev–Trinajstić information content (AvgIpc) is 1.35. The van der Waals surface area contributed by atoms with Crippen LogP contribution in [0, 0.1) is 49.4 Å². The van der Waals surface area contributed by atoms with Gasteiger partial charge in [0.2, 0.25) is 0 Å². The summed E-state index contributed by atoms with van der Waals surface area (Å²) in [5, 5.41) is 0. The van der Waals surface area contributed by atoms with Gasteiger partial charge in [0.1, 0.15) is 0 Å². The summed E-state index contributed by atoms with van der Waals surface area (Å²) in [5.74, 6) is 0. The Labute approximate surface area is 86.1 Å². The van der Waals surface area contributed by atoms with E-state index in [0.29, 0.717) is 0 Å². The molecule has 0 saturated heterocycles. The zero-order chi connectivity index (χ0) is 5.21.